The maximum absolute atomic E-state index is 14.2. The highest BCUT2D eigenvalue weighted by atomic mass is 31.2. The number of aromatic nitrogens is 2. The Balaban J connectivity index is 1.42. The number of methoxy groups -OCH3 is 3. The van der Waals surface area contributed by atoms with Gasteiger partial charge in [-0.2, -0.15) is 18.2 Å². The van der Waals surface area contributed by atoms with Crippen LogP contribution in [0.1, 0.15) is 70.6 Å². The van der Waals surface area contributed by atoms with Crippen LogP contribution in [0, 0.1) is 0 Å². The number of halogens is 3. The summed E-state index contributed by atoms with van der Waals surface area (Å²) in [6, 6.07) is 8.46. The molecule has 0 unspecified atom stereocenters. The van der Waals surface area contributed by atoms with Gasteiger partial charge in [0.05, 0.1) is 56.6 Å². The first-order chi connectivity index (χ1) is 24.0. The lowest BCUT2D eigenvalue weighted by Gasteiger charge is -2.25. The van der Waals surface area contributed by atoms with Gasteiger partial charge in [-0.25, -0.2) is 4.98 Å². The second-order valence-corrected chi connectivity index (χ2v) is 14.3. The second-order valence-electron chi connectivity index (χ2n) is 12.2. The summed E-state index contributed by atoms with van der Waals surface area (Å²) in [7, 11) is 2.49. The van der Waals surface area contributed by atoms with Crippen molar-refractivity contribution in [1.29, 1.82) is 0 Å². The van der Waals surface area contributed by atoms with Gasteiger partial charge in [-0.3, -0.25) is 9.36 Å². The summed E-state index contributed by atoms with van der Waals surface area (Å²) in [4.78, 5) is 23.0. The molecule has 5 rings (SSSR count). The lowest BCUT2D eigenvalue weighted by atomic mass is 9.81. The molecule has 3 aromatic rings. The van der Waals surface area contributed by atoms with Crippen LogP contribution >= 0.6 is 7.60 Å². The molecule has 2 aromatic carbocycles. The number of anilines is 4. The molecule has 50 heavy (non-hydrogen) atoms. The fraction of sp³-hybridized carbons (Fsp3) is 0.500. The minimum atomic E-state index is -4.78. The fourth-order valence-corrected chi connectivity index (χ4v) is 7.89. The zero-order valence-electron chi connectivity index (χ0n) is 28.6. The van der Waals surface area contributed by atoms with E-state index in [-0.39, 0.29) is 55.9 Å². The highest BCUT2D eigenvalue weighted by Crippen LogP contribution is 2.52. The lowest BCUT2D eigenvalue weighted by molar-refractivity contribution is -0.137. The van der Waals surface area contributed by atoms with Crippen molar-refractivity contribution < 1.29 is 45.8 Å². The number of ether oxygens (including phenoxy) is 3. The van der Waals surface area contributed by atoms with E-state index in [1.807, 2.05) is 6.07 Å². The minimum absolute atomic E-state index is 0.0531. The molecule has 0 spiro atoms. The summed E-state index contributed by atoms with van der Waals surface area (Å²) in [6.07, 6.45) is 1.25. The van der Waals surface area contributed by atoms with Gasteiger partial charge in [0, 0.05) is 34.0 Å². The number of benzene rings is 2. The van der Waals surface area contributed by atoms with Crippen molar-refractivity contribution in [3.8, 4) is 5.75 Å². The van der Waals surface area contributed by atoms with Crippen molar-refractivity contribution >= 4 is 36.6 Å². The lowest BCUT2D eigenvalue weighted by Crippen LogP contribution is -2.18. The van der Waals surface area contributed by atoms with Gasteiger partial charge in [0.1, 0.15) is 17.1 Å². The molecule has 2 N–H and O–H groups in total. The highest BCUT2D eigenvalue weighted by molar-refractivity contribution is 7.53. The quantitative estimate of drug-likeness (QED) is 0.112. The van der Waals surface area contributed by atoms with E-state index < -0.39 is 25.2 Å². The normalized spacial score (nSPS) is 15.3. The average Bonchev–Trinajstić information content (AvgIpc) is 3.39. The minimum Gasteiger partial charge on any atom is -0.495 e. The van der Waals surface area contributed by atoms with Gasteiger partial charge in [-0.15, -0.1) is 0 Å². The van der Waals surface area contributed by atoms with Crippen LogP contribution in [0.3, 0.4) is 0 Å². The molecule has 0 atom stereocenters. The van der Waals surface area contributed by atoms with E-state index in [0.29, 0.717) is 35.5 Å². The number of amides is 1. The van der Waals surface area contributed by atoms with Crippen LogP contribution in [0.2, 0.25) is 0 Å². The maximum atomic E-state index is 14.2. The van der Waals surface area contributed by atoms with E-state index in [1.54, 1.807) is 36.2 Å². The Morgan fingerprint density at radius 1 is 0.940 bits per heavy atom. The van der Waals surface area contributed by atoms with Crippen LogP contribution in [-0.4, -0.2) is 75.6 Å². The number of rotatable bonds is 16. The Morgan fingerprint density at radius 3 is 2.26 bits per heavy atom. The zero-order chi connectivity index (χ0) is 35.9. The van der Waals surface area contributed by atoms with E-state index in [1.165, 1.54) is 27.8 Å². The number of nitrogens with one attached hydrogen (secondary N) is 2. The van der Waals surface area contributed by atoms with Crippen molar-refractivity contribution in [3.05, 3.63) is 64.3 Å². The molecule has 2 aliphatic rings. The van der Waals surface area contributed by atoms with E-state index in [2.05, 4.69) is 20.6 Å². The molecule has 0 radical (unpaired) electrons. The van der Waals surface area contributed by atoms with E-state index in [0.717, 1.165) is 36.8 Å². The van der Waals surface area contributed by atoms with Crippen LogP contribution < -0.4 is 15.4 Å². The Labute approximate surface area is 289 Å². The number of hydrogen-bond acceptors (Lipinski definition) is 11. The number of carbonyl (C=O) groups excluding carboxylic acids is 1. The standard InChI is InChI=1S/C34H43F3N5O7P/c1-42-20-25-24(23-8-6-5-7-9-23)11-13-28(30(25)32(42)43)39-31-26(34(35,36)37)19-38-33(41-31)40-27-12-10-22(18-29(27)47-4)21-50(44,48-16-14-45-2)49-17-15-46-3/h10-13,18-19,23H,5-9,14-17,20-21H2,1-4H3,(H2,38,39,40,41). The van der Waals surface area contributed by atoms with Gasteiger partial charge >= 0.3 is 13.8 Å². The molecular formula is C34H43F3N5O7P. The Morgan fingerprint density at radius 2 is 1.62 bits per heavy atom. The molecule has 1 fully saturated rings. The molecule has 1 aromatic heterocycles. The van der Waals surface area contributed by atoms with Crippen molar-refractivity contribution in [1.82, 2.24) is 14.9 Å². The zero-order valence-corrected chi connectivity index (χ0v) is 29.5. The molecule has 1 aliphatic heterocycles. The molecule has 1 saturated carbocycles. The van der Waals surface area contributed by atoms with Gasteiger partial charge < -0.3 is 38.8 Å². The van der Waals surface area contributed by atoms with Crippen molar-refractivity contribution in [2.24, 2.45) is 0 Å². The molecule has 12 nitrogen and oxygen atoms in total. The second kappa shape index (κ2) is 16.5. The predicted octanol–water partition coefficient (Wildman–Crippen LogP) is 7.64. The van der Waals surface area contributed by atoms with Crippen LogP contribution in [0.4, 0.5) is 36.3 Å². The first-order valence-corrected chi connectivity index (χ1v) is 18.1. The molecule has 0 bridgehead atoms. The predicted molar refractivity (Wildman–Crippen MR) is 182 cm³/mol. The van der Waals surface area contributed by atoms with Gasteiger partial charge in [0.25, 0.3) is 5.91 Å². The summed E-state index contributed by atoms with van der Waals surface area (Å²) in [5, 5.41) is 5.75. The molecule has 2 heterocycles. The third kappa shape index (κ3) is 8.93. The fourth-order valence-electron chi connectivity index (χ4n) is 6.28. The van der Waals surface area contributed by atoms with E-state index in [4.69, 9.17) is 23.3 Å². The van der Waals surface area contributed by atoms with Crippen LogP contribution in [0.25, 0.3) is 0 Å². The Hall–Kier alpha value is -3.75. The first-order valence-electron chi connectivity index (χ1n) is 16.4. The molecule has 16 heteroatoms. The average molecular weight is 722 g/mol. The largest absolute Gasteiger partial charge is 0.495 e. The van der Waals surface area contributed by atoms with Crippen LogP contribution in [-0.2, 0) is 42.0 Å². The van der Waals surface area contributed by atoms with E-state index in [9.17, 15) is 22.5 Å². The van der Waals surface area contributed by atoms with Gasteiger partial charge in [-0.1, -0.05) is 31.4 Å². The monoisotopic (exact) mass is 721 g/mol. The molecule has 1 aliphatic carbocycles. The van der Waals surface area contributed by atoms with Crippen molar-refractivity contribution in [3.63, 3.8) is 0 Å². The molecule has 0 saturated heterocycles. The van der Waals surface area contributed by atoms with Crippen LogP contribution in [0.15, 0.2) is 36.5 Å². The van der Waals surface area contributed by atoms with Gasteiger partial charge in [0.2, 0.25) is 5.95 Å². The smallest absolute Gasteiger partial charge is 0.421 e. The summed E-state index contributed by atoms with van der Waals surface area (Å²) in [6.45, 7) is 0.932. The number of nitrogens with zero attached hydrogens (tertiary/aromatic N) is 3. The van der Waals surface area contributed by atoms with Crippen LogP contribution in [0.5, 0.6) is 5.75 Å². The van der Waals surface area contributed by atoms with Gasteiger partial charge in [0.15, 0.2) is 0 Å². The Bertz CT molecular complexity index is 1690. The third-order valence-corrected chi connectivity index (χ3v) is 10.6. The molecular weight excluding hydrogens is 678 g/mol. The first kappa shape index (κ1) is 37.5. The van der Waals surface area contributed by atoms with Crippen molar-refractivity contribution in [2.75, 3.05) is 65.4 Å². The SMILES string of the molecule is COCCOP(=O)(Cc1ccc(Nc2ncc(C(F)(F)F)c(Nc3ccc(C4CCCCC4)c4c3C(=O)N(C)C4)n2)c(OC)c1)OCCOC. The number of alkyl halides is 3. The topological polar surface area (TPSA) is 133 Å². The van der Waals surface area contributed by atoms with Gasteiger partial charge in [-0.05, 0) is 53.6 Å². The number of fused-ring (bicyclic) bond motifs is 1. The summed E-state index contributed by atoms with van der Waals surface area (Å²) in [5.41, 5.74) is 2.34. The summed E-state index contributed by atoms with van der Waals surface area (Å²) >= 11 is 0. The van der Waals surface area contributed by atoms with Crippen molar-refractivity contribution in [2.45, 2.75) is 56.9 Å². The molecule has 272 valence electrons. The molecule has 1 amide bonds. The summed E-state index contributed by atoms with van der Waals surface area (Å²) in [5.74, 6) is -0.328. The van der Waals surface area contributed by atoms with E-state index >= 15 is 0 Å². The number of carbonyl (C=O) groups is 1. The highest BCUT2D eigenvalue weighted by Gasteiger charge is 2.37. The Kier molecular flexibility index (Phi) is 12.4. The summed E-state index contributed by atoms with van der Waals surface area (Å²) < 4.78 is 82.8. The third-order valence-electron chi connectivity index (χ3n) is 8.74. The maximum Gasteiger partial charge on any atom is 0.421 e. The number of hydrogen-bond donors (Lipinski definition) is 2.